The minimum Gasteiger partial charge on any atom is -0.353 e. The lowest BCUT2D eigenvalue weighted by Gasteiger charge is -2.22. The Hall–Kier alpha value is -1.57. The van der Waals surface area contributed by atoms with Gasteiger partial charge in [0.25, 0.3) is 0 Å². The van der Waals surface area contributed by atoms with Crippen LogP contribution < -0.4 is 0 Å². The van der Waals surface area contributed by atoms with Gasteiger partial charge >= 0.3 is 12.4 Å². The highest BCUT2D eigenvalue weighted by molar-refractivity contribution is 5.97. The summed E-state index contributed by atoms with van der Waals surface area (Å²) >= 11 is 0. The fraction of sp³-hybridized carbons (Fsp3) is 0.417. The lowest BCUT2D eigenvalue weighted by atomic mass is 10.1. The maximum absolute atomic E-state index is 12.2. The van der Waals surface area contributed by atoms with E-state index in [9.17, 15) is 31.1 Å². The lowest BCUT2D eigenvalue weighted by molar-refractivity contribution is -0.318. The standard InChI is InChI=1S/C12H10F6O2/c1-7-2-4-8(5-3-7)9(19)6-20-10(11(13,14)15)12(16,17)18/h2-5,10H,6H2,1H3. The molecule has 0 saturated heterocycles. The highest BCUT2D eigenvalue weighted by atomic mass is 19.4. The van der Waals surface area contributed by atoms with E-state index in [-0.39, 0.29) is 5.56 Å². The molecule has 0 bridgehead atoms. The van der Waals surface area contributed by atoms with Crippen LogP contribution in [0.2, 0.25) is 0 Å². The molecule has 0 aliphatic rings. The molecule has 0 atom stereocenters. The topological polar surface area (TPSA) is 26.3 Å². The highest BCUT2D eigenvalue weighted by Gasteiger charge is 2.58. The van der Waals surface area contributed by atoms with Gasteiger partial charge in [-0.1, -0.05) is 29.8 Å². The number of hydrogen-bond acceptors (Lipinski definition) is 2. The molecule has 0 radical (unpaired) electrons. The van der Waals surface area contributed by atoms with Crippen LogP contribution in [-0.2, 0) is 4.74 Å². The molecule has 0 heterocycles. The third-order valence-corrected chi connectivity index (χ3v) is 2.35. The molecule has 0 N–H and O–H groups in total. The van der Waals surface area contributed by atoms with Crippen LogP contribution in [0.15, 0.2) is 24.3 Å². The fourth-order valence-corrected chi connectivity index (χ4v) is 1.36. The van der Waals surface area contributed by atoms with E-state index in [1.54, 1.807) is 6.92 Å². The Morgan fingerprint density at radius 2 is 1.50 bits per heavy atom. The number of halogens is 6. The number of hydrogen-bond donors (Lipinski definition) is 0. The van der Waals surface area contributed by atoms with E-state index in [0.717, 1.165) is 5.56 Å². The van der Waals surface area contributed by atoms with Crippen LogP contribution in [0.5, 0.6) is 0 Å². The number of carbonyl (C=O) groups excluding carboxylic acids is 1. The Bertz CT molecular complexity index is 446. The summed E-state index contributed by atoms with van der Waals surface area (Å²) in [6.45, 7) is 0.417. The molecular weight excluding hydrogens is 290 g/mol. The molecule has 0 aliphatic carbocycles. The van der Waals surface area contributed by atoms with Crippen molar-refractivity contribution in [3.63, 3.8) is 0 Å². The molecule has 0 fully saturated rings. The first kappa shape index (κ1) is 16.5. The van der Waals surface area contributed by atoms with E-state index in [4.69, 9.17) is 0 Å². The van der Waals surface area contributed by atoms with Gasteiger partial charge in [-0.15, -0.1) is 0 Å². The first-order valence-electron chi connectivity index (χ1n) is 5.36. The maximum Gasteiger partial charge on any atom is 0.423 e. The highest BCUT2D eigenvalue weighted by Crippen LogP contribution is 2.35. The number of aryl methyl sites for hydroxylation is 1. The third-order valence-electron chi connectivity index (χ3n) is 2.35. The molecule has 0 amide bonds. The van der Waals surface area contributed by atoms with Crippen LogP contribution in [0, 0.1) is 6.92 Å². The molecule has 2 nitrogen and oxygen atoms in total. The molecule has 1 rings (SSSR count). The number of carbonyl (C=O) groups is 1. The molecule has 0 unspecified atom stereocenters. The quantitative estimate of drug-likeness (QED) is 0.626. The summed E-state index contributed by atoms with van der Waals surface area (Å²) in [7, 11) is 0. The molecule has 0 aliphatic heterocycles. The van der Waals surface area contributed by atoms with Gasteiger partial charge in [0.1, 0.15) is 6.61 Å². The van der Waals surface area contributed by atoms with Crippen LogP contribution in [0.4, 0.5) is 26.3 Å². The number of alkyl halides is 6. The van der Waals surface area contributed by atoms with E-state index in [1.807, 2.05) is 0 Å². The molecule has 1 aromatic rings. The summed E-state index contributed by atoms with van der Waals surface area (Å²) in [5.74, 6) is -0.955. The molecule has 20 heavy (non-hydrogen) atoms. The second-order valence-electron chi connectivity index (χ2n) is 4.06. The Morgan fingerprint density at radius 1 is 1.05 bits per heavy atom. The maximum atomic E-state index is 12.2. The Morgan fingerprint density at radius 3 is 1.90 bits per heavy atom. The van der Waals surface area contributed by atoms with Gasteiger partial charge in [0.15, 0.2) is 5.78 Å². The van der Waals surface area contributed by atoms with Crippen LogP contribution in [-0.4, -0.2) is 30.8 Å². The van der Waals surface area contributed by atoms with E-state index < -0.39 is 30.8 Å². The first-order valence-corrected chi connectivity index (χ1v) is 5.36. The van der Waals surface area contributed by atoms with E-state index >= 15 is 0 Å². The molecule has 0 spiro atoms. The lowest BCUT2D eigenvalue weighted by Crippen LogP contribution is -2.45. The Kier molecular flexibility index (Phi) is 4.80. The molecule has 112 valence electrons. The second kappa shape index (κ2) is 5.82. The van der Waals surface area contributed by atoms with Crippen molar-refractivity contribution in [2.45, 2.75) is 25.4 Å². The van der Waals surface area contributed by atoms with Crippen molar-refractivity contribution in [1.29, 1.82) is 0 Å². The minimum absolute atomic E-state index is 0.0151. The van der Waals surface area contributed by atoms with Crippen molar-refractivity contribution in [3.05, 3.63) is 35.4 Å². The minimum atomic E-state index is -5.62. The van der Waals surface area contributed by atoms with Crippen molar-refractivity contribution in [2.75, 3.05) is 6.61 Å². The Labute approximate surface area is 110 Å². The molecule has 0 saturated carbocycles. The normalized spacial score (nSPS) is 12.8. The zero-order valence-electron chi connectivity index (χ0n) is 10.2. The van der Waals surface area contributed by atoms with E-state index in [2.05, 4.69) is 4.74 Å². The van der Waals surface area contributed by atoms with Gasteiger partial charge in [-0.25, -0.2) is 0 Å². The zero-order chi connectivity index (χ0) is 15.6. The van der Waals surface area contributed by atoms with Gasteiger partial charge in [0.05, 0.1) is 0 Å². The monoisotopic (exact) mass is 300 g/mol. The number of ether oxygens (including phenoxy) is 1. The zero-order valence-corrected chi connectivity index (χ0v) is 10.2. The van der Waals surface area contributed by atoms with Crippen LogP contribution in [0.3, 0.4) is 0 Å². The van der Waals surface area contributed by atoms with Gasteiger partial charge in [-0.2, -0.15) is 26.3 Å². The molecular formula is C12H10F6O2. The van der Waals surface area contributed by atoms with Crippen molar-refractivity contribution in [1.82, 2.24) is 0 Å². The summed E-state index contributed by atoms with van der Waals surface area (Å²) in [5, 5.41) is 0. The first-order chi connectivity index (χ1) is 9.01. The molecule has 8 heteroatoms. The van der Waals surface area contributed by atoms with E-state index in [1.165, 1.54) is 24.3 Å². The second-order valence-corrected chi connectivity index (χ2v) is 4.06. The predicted octanol–water partition coefficient (Wildman–Crippen LogP) is 3.69. The molecule has 0 aromatic heterocycles. The summed E-state index contributed by atoms with van der Waals surface area (Å²) in [6.07, 6.45) is -15.2. The summed E-state index contributed by atoms with van der Waals surface area (Å²) in [6, 6.07) is 5.63. The average molecular weight is 300 g/mol. The smallest absolute Gasteiger partial charge is 0.353 e. The molecule has 1 aromatic carbocycles. The van der Waals surface area contributed by atoms with Crippen LogP contribution in [0.1, 0.15) is 15.9 Å². The van der Waals surface area contributed by atoms with Gasteiger partial charge in [0.2, 0.25) is 6.10 Å². The van der Waals surface area contributed by atoms with E-state index in [0.29, 0.717) is 0 Å². The number of rotatable bonds is 4. The average Bonchev–Trinajstić information content (AvgIpc) is 2.26. The van der Waals surface area contributed by atoms with Crippen molar-refractivity contribution < 1.29 is 35.9 Å². The Balaban J connectivity index is 2.73. The van der Waals surface area contributed by atoms with Gasteiger partial charge in [0, 0.05) is 5.56 Å². The SMILES string of the molecule is Cc1ccc(C(=O)COC(C(F)(F)F)C(F)(F)F)cc1. The third kappa shape index (κ3) is 4.52. The summed E-state index contributed by atoms with van der Waals surface area (Å²) < 4.78 is 76.7. The number of benzene rings is 1. The number of ketones is 1. The largest absolute Gasteiger partial charge is 0.423 e. The van der Waals surface area contributed by atoms with Gasteiger partial charge < -0.3 is 4.74 Å². The summed E-state index contributed by atoms with van der Waals surface area (Å²) in [5.41, 5.74) is 0.782. The van der Waals surface area contributed by atoms with Gasteiger partial charge in [-0.05, 0) is 6.92 Å². The fourth-order valence-electron chi connectivity index (χ4n) is 1.36. The van der Waals surface area contributed by atoms with Gasteiger partial charge in [-0.3, -0.25) is 4.79 Å². The number of Topliss-reactive ketones (excluding diaryl/α,β-unsaturated/α-hetero) is 1. The van der Waals surface area contributed by atoms with Crippen molar-refractivity contribution in [2.24, 2.45) is 0 Å². The summed E-state index contributed by atoms with van der Waals surface area (Å²) in [4.78, 5) is 11.5. The van der Waals surface area contributed by atoms with Crippen LogP contribution >= 0.6 is 0 Å². The van der Waals surface area contributed by atoms with Crippen molar-refractivity contribution in [3.8, 4) is 0 Å². The van der Waals surface area contributed by atoms with Crippen molar-refractivity contribution >= 4 is 5.78 Å². The predicted molar refractivity (Wildman–Crippen MR) is 57.4 cm³/mol. The van der Waals surface area contributed by atoms with Crippen LogP contribution in [0.25, 0.3) is 0 Å².